The van der Waals surface area contributed by atoms with Gasteiger partial charge < -0.3 is 0 Å². The van der Waals surface area contributed by atoms with E-state index in [2.05, 4.69) is 0 Å². The summed E-state index contributed by atoms with van der Waals surface area (Å²) in [5, 5.41) is 10.2. The van der Waals surface area contributed by atoms with Crippen LogP contribution >= 0.6 is 11.6 Å². The minimum atomic E-state index is -4.97. The number of aryl methyl sites for hydroxylation is 1. The second-order valence-corrected chi connectivity index (χ2v) is 4.49. The number of hydrogen-bond acceptors (Lipinski definition) is 4. The molecule has 0 aliphatic heterocycles. The molecule has 0 heterocycles. The molecule has 0 aliphatic rings. The highest BCUT2D eigenvalue weighted by Gasteiger charge is 2.22. The van der Waals surface area contributed by atoms with Crippen molar-refractivity contribution in [2.45, 2.75) is 11.8 Å². The summed E-state index contributed by atoms with van der Waals surface area (Å²) in [6.07, 6.45) is 0. The monoisotopic (exact) mass is 253 g/mol. The molecule has 1 aromatic rings. The number of benzene rings is 1. The van der Waals surface area contributed by atoms with E-state index < -0.39 is 25.7 Å². The van der Waals surface area contributed by atoms with Crippen molar-refractivity contribution in [1.29, 1.82) is 0 Å². The third kappa shape index (κ3) is 2.42. The molecule has 1 aromatic carbocycles. The van der Waals surface area contributed by atoms with E-state index in [-0.39, 0.29) is 10.6 Å². The Morgan fingerprint density at radius 3 is 2.40 bits per heavy atom. The summed E-state index contributed by atoms with van der Waals surface area (Å²) in [5.41, 5.74) is -0.619. The lowest BCUT2D eigenvalue weighted by Gasteiger charge is -2.02. The maximum absolute atomic E-state index is 12.7. The molecular weight excluding hydrogens is 249 g/mol. The van der Waals surface area contributed by atoms with Crippen molar-refractivity contribution in [3.8, 4) is 0 Å². The molecule has 0 radical (unpaired) electrons. The summed E-state index contributed by atoms with van der Waals surface area (Å²) in [7, 11) is -4.97. The molecule has 0 N–H and O–H groups in total. The van der Waals surface area contributed by atoms with Gasteiger partial charge >= 0.3 is 10.2 Å². The zero-order valence-electron chi connectivity index (χ0n) is 7.40. The van der Waals surface area contributed by atoms with Crippen molar-refractivity contribution in [3.63, 3.8) is 0 Å². The second-order valence-electron chi connectivity index (χ2n) is 2.76. The molecule has 0 bridgehead atoms. The van der Waals surface area contributed by atoms with E-state index >= 15 is 0 Å². The van der Waals surface area contributed by atoms with E-state index in [0.29, 0.717) is 6.07 Å². The molecule has 0 aliphatic carbocycles. The van der Waals surface area contributed by atoms with Crippen LogP contribution in [0.5, 0.6) is 0 Å². The Balaban J connectivity index is 3.58. The number of nitrogens with zero attached hydrogens (tertiary/aromatic N) is 1. The average molecular weight is 254 g/mol. The van der Waals surface area contributed by atoms with Gasteiger partial charge in [-0.3, -0.25) is 10.1 Å². The van der Waals surface area contributed by atoms with Gasteiger partial charge in [-0.2, -0.15) is 8.42 Å². The normalized spacial score (nSPS) is 11.4. The fourth-order valence-corrected chi connectivity index (χ4v) is 2.03. The van der Waals surface area contributed by atoms with Crippen molar-refractivity contribution in [2.75, 3.05) is 0 Å². The Morgan fingerprint density at radius 1 is 1.47 bits per heavy atom. The molecule has 0 spiro atoms. The van der Waals surface area contributed by atoms with Gasteiger partial charge in [0.05, 0.1) is 4.92 Å². The largest absolute Gasteiger partial charge is 0.332 e. The van der Waals surface area contributed by atoms with Crippen LogP contribution in [0.2, 0.25) is 5.02 Å². The fraction of sp³-hybridized carbons (Fsp3) is 0.143. The van der Waals surface area contributed by atoms with Gasteiger partial charge in [-0.25, -0.2) is 0 Å². The first-order chi connectivity index (χ1) is 6.73. The fourth-order valence-electron chi connectivity index (χ4n) is 1.04. The van der Waals surface area contributed by atoms with E-state index in [1.165, 1.54) is 6.92 Å². The maximum atomic E-state index is 12.7. The molecule has 82 valence electrons. The van der Waals surface area contributed by atoms with Crippen LogP contribution in [0.1, 0.15) is 5.56 Å². The predicted molar refractivity (Wildman–Crippen MR) is 51.1 cm³/mol. The SMILES string of the molecule is Cc1cc(Cl)c([N+](=O)[O-])cc1S(=O)(=O)F. The Morgan fingerprint density at radius 2 is 2.00 bits per heavy atom. The molecule has 5 nitrogen and oxygen atoms in total. The van der Waals surface area contributed by atoms with Crippen molar-refractivity contribution in [1.82, 2.24) is 0 Å². The van der Waals surface area contributed by atoms with E-state index in [1.807, 2.05) is 0 Å². The molecule has 0 unspecified atom stereocenters. The van der Waals surface area contributed by atoms with Crippen LogP contribution in [0.4, 0.5) is 9.57 Å². The summed E-state index contributed by atoms with van der Waals surface area (Å²) >= 11 is 5.49. The highest BCUT2D eigenvalue weighted by molar-refractivity contribution is 7.86. The third-order valence-corrected chi connectivity index (χ3v) is 2.97. The van der Waals surface area contributed by atoms with Crippen LogP contribution in [-0.2, 0) is 10.2 Å². The van der Waals surface area contributed by atoms with Gasteiger partial charge in [0.25, 0.3) is 5.69 Å². The zero-order valence-corrected chi connectivity index (χ0v) is 8.97. The van der Waals surface area contributed by atoms with E-state index in [4.69, 9.17) is 11.6 Å². The lowest BCUT2D eigenvalue weighted by molar-refractivity contribution is -0.384. The van der Waals surface area contributed by atoms with Gasteiger partial charge in [-0.05, 0) is 18.6 Å². The van der Waals surface area contributed by atoms with Crippen LogP contribution in [0.25, 0.3) is 0 Å². The Hall–Kier alpha value is -1.21. The van der Waals surface area contributed by atoms with E-state index in [0.717, 1.165) is 6.07 Å². The number of halogens is 2. The maximum Gasteiger partial charge on any atom is 0.332 e. The first-order valence-electron chi connectivity index (χ1n) is 3.62. The summed E-state index contributed by atoms with van der Waals surface area (Å²) in [6.45, 7) is 1.29. The molecule has 1 rings (SSSR count). The number of nitro groups is 1. The van der Waals surface area contributed by atoms with E-state index in [1.54, 1.807) is 0 Å². The predicted octanol–water partition coefficient (Wildman–Crippen LogP) is 2.21. The molecule has 0 fully saturated rings. The lowest BCUT2D eigenvalue weighted by atomic mass is 10.2. The smallest absolute Gasteiger partial charge is 0.258 e. The van der Waals surface area contributed by atoms with Gasteiger partial charge in [0.1, 0.15) is 9.92 Å². The summed E-state index contributed by atoms with van der Waals surface area (Å²) in [6, 6.07) is 1.64. The summed E-state index contributed by atoms with van der Waals surface area (Å²) < 4.78 is 33.9. The Labute approximate surface area is 89.8 Å². The molecule has 0 saturated carbocycles. The van der Waals surface area contributed by atoms with Gasteiger partial charge in [0.15, 0.2) is 0 Å². The second kappa shape index (κ2) is 3.74. The number of hydrogen-bond donors (Lipinski definition) is 0. The number of nitro benzene ring substituents is 1. The van der Waals surface area contributed by atoms with Crippen LogP contribution in [-0.4, -0.2) is 13.3 Å². The summed E-state index contributed by atoms with van der Waals surface area (Å²) in [4.78, 5) is 8.80. The molecule has 8 heteroatoms. The van der Waals surface area contributed by atoms with Crippen LogP contribution in [0.3, 0.4) is 0 Å². The topological polar surface area (TPSA) is 77.3 Å². The van der Waals surface area contributed by atoms with Crippen molar-refractivity contribution >= 4 is 27.5 Å². The molecule has 0 aromatic heterocycles. The van der Waals surface area contributed by atoms with Crippen molar-refractivity contribution < 1.29 is 17.2 Å². The van der Waals surface area contributed by atoms with Crippen LogP contribution in [0.15, 0.2) is 17.0 Å². The molecule has 0 atom stereocenters. The van der Waals surface area contributed by atoms with Crippen LogP contribution in [0, 0.1) is 17.0 Å². The highest BCUT2D eigenvalue weighted by Crippen LogP contribution is 2.30. The van der Waals surface area contributed by atoms with Crippen molar-refractivity contribution in [3.05, 3.63) is 32.8 Å². The van der Waals surface area contributed by atoms with Gasteiger partial charge in [-0.15, -0.1) is 3.89 Å². The molecule has 15 heavy (non-hydrogen) atoms. The van der Waals surface area contributed by atoms with Gasteiger partial charge in [-0.1, -0.05) is 11.6 Å². The van der Waals surface area contributed by atoms with Gasteiger partial charge in [0.2, 0.25) is 0 Å². The minimum Gasteiger partial charge on any atom is -0.258 e. The first kappa shape index (κ1) is 11.9. The minimum absolute atomic E-state index is 0.0214. The summed E-state index contributed by atoms with van der Waals surface area (Å²) in [5.74, 6) is 0. The van der Waals surface area contributed by atoms with Gasteiger partial charge in [0, 0.05) is 6.07 Å². The Bertz CT molecular complexity index is 528. The standard InChI is InChI=1S/C7H5ClFNO4S/c1-4-2-5(8)6(10(11)12)3-7(4)15(9,13)14/h2-3H,1H3. The first-order valence-corrected chi connectivity index (χ1v) is 5.39. The zero-order chi connectivity index (χ0) is 11.8. The molecule has 0 amide bonds. The highest BCUT2D eigenvalue weighted by atomic mass is 35.5. The average Bonchev–Trinajstić information content (AvgIpc) is 2.00. The van der Waals surface area contributed by atoms with E-state index in [9.17, 15) is 22.4 Å². The third-order valence-electron chi connectivity index (χ3n) is 1.70. The van der Waals surface area contributed by atoms with Crippen LogP contribution < -0.4 is 0 Å². The number of rotatable bonds is 2. The quantitative estimate of drug-likeness (QED) is 0.460. The molecule has 0 saturated heterocycles. The lowest BCUT2D eigenvalue weighted by Crippen LogP contribution is -1.98. The van der Waals surface area contributed by atoms with Crippen molar-refractivity contribution in [2.24, 2.45) is 0 Å². The Kier molecular flexibility index (Phi) is 2.96. The molecular formula is C7H5ClFNO4S.